The molecule has 0 N–H and O–H groups in total. The molecule has 0 bridgehead atoms. The molecule has 7 nitrogen and oxygen atoms in total. The third-order valence-electron chi connectivity index (χ3n) is 5.05. The van der Waals surface area contributed by atoms with Crippen molar-refractivity contribution < 1.29 is 17.5 Å². The van der Waals surface area contributed by atoms with Crippen LogP contribution in [0, 0.1) is 5.82 Å². The van der Waals surface area contributed by atoms with Crippen LogP contribution in [0.25, 0.3) is 11.3 Å². The summed E-state index contributed by atoms with van der Waals surface area (Å²) in [6, 6.07) is 14.3. The summed E-state index contributed by atoms with van der Waals surface area (Å²) < 4.78 is 45.6. The van der Waals surface area contributed by atoms with E-state index < -0.39 is 10.0 Å². The van der Waals surface area contributed by atoms with E-state index in [1.165, 1.54) is 29.9 Å². The van der Waals surface area contributed by atoms with Gasteiger partial charge in [-0.05, 0) is 48.5 Å². The molecular weight excluding hydrogens is 407 g/mol. The Labute approximate surface area is 174 Å². The second-order valence-electron chi connectivity index (χ2n) is 6.84. The summed E-state index contributed by atoms with van der Waals surface area (Å²) in [5.74, 6) is 1.02. The van der Waals surface area contributed by atoms with E-state index >= 15 is 0 Å². The van der Waals surface area contributed by atoms with E-state index in [4.69, 9.17) is 4.74 Å². The van der Waals surface area contributed by atoms with Crippen LogP contribution < -0.4 is 9.64 Å². The fraction of sp³-hybridized carbons (Fsp3) is 0.238. The minimum Gasteiger partial charge on any atom is -0.497 e. The molecule has 9 heteroatoms. The molecule has 1 aromatic heterocycles. The normalized spacial score (nSPS) is 15.2. The van der Waals surface area contributed by atoms with Crippen LogP contribution in [-0.4, -0.2) is 56.0 Å². The molecule has 30 heavy (non-hydrogen) atoms. The Morgan fingerprint density at radius 3 is 2.23 bits per heavy atom. The zero-order valence-corrected chi connectivity index (χ0v) is 17.2. The Morgan fingerprint density at radius 2 is 1.60 bits per heavy atom. The van der Waals surface area contributed by atoms with Gasteiger partial charge in [-0.1, -0.05) is 0 Å². The van der Waals surface area contributed by atoms with Crippen molar-refractivity contribution in [1.82, 2.24) is 14.3 Å². The van der Waals surface area contributed by atoms with Crippen molar-refractivity contribution in [2.75, 3.05) is 38.2 Å². The molecule has 1 saturated heterocycles. The third-order valence-corrected chi connectivity index (χ3v) is 6.97. The molecule has 1 aliphatic rings. The zero-order valence-electron chi connectivity index (χ0n) is 16.4. The number of benzene rings is 2. The molecule has 0 atom stereocenters. The van der Waals surface area contributed by atoms with Gasteiger partial charge in [-0.2, -0.15) is 4.31 Å². The van der Waals surface area contributed by atoms with Gasteiger partial charge in [0.2, 0.25) is 10.0 Å². The van der Waals surface area contributed by atoms with Crippen molar-refractivity contribution in [3.05, 3.63) is 66.7 Å². The first kappa shape index (κ1) is 20.2. The summed E-state index contributed by atoms with van der Waals surface area (Å²) in [4.78, 5) is 10.9. The highest BCUT2D eigenvalue weighted by molar-refractivity contribution is 7.89. The number of halogens is 1. The summed E-state index contributed by atoms with van der Waals surface area (Å²) in [7, 11) is -2.03. The predicted octanol–water partition coefficient (Wildman–Crippen LogP) is 2.80. The van der Waals surface area contributed by atoms with E-state index in [0.29, 0.717) is 43.4 Å². The Kier molecular flexibility index (Phi) is 5.65. The van der Waals surface area contributed by atoms with Gasteiger partial charge < -0.3 is 9.64 Å². The average molecular weight is 428 g/mol. The Bertz CT molecular complexity index is 1110. The SMILES string of the molecule is COc1ccc(S(=O)(=O)N2CCN(c3cc(-c4ccc(F)cc4)ncn3)CC2)cc1. The van der Waals surface area contributed by atoms with Crippen LogP contribution in [0.4, 0.5) is 10.2 Å². The van der Waals surface area contributed by atoms with Crippen LogP contribution in [0.1, 0.15) is 0 Å². The fourth-order valence-electron chi connectivity index (χ4n) is 3.35. The lowest BCUT2D eigenvalue weighted by atomic mass is 10.1. The summed E-state index contributed by atoms with van der Waals surface area (Å²) in [5.41, 5.74) is 1.48. The molecule has 1 fully saturated rings. The van der Waals surface area contributed by atoms with E-state index in [-0.39, 0.29) is 10.7 Å². The van der Waals surface area contributed by atoms with Gasteiger partial charge in [0, 0.05) is 37.8 Å². The van der Waals surface area contributed by atoms with E-state index in [2.05, 4.69) is 9.97 Å². The van der Waals surface area contributed by atoms with Crippen molar-refractivity contribution in [1.29, 1.82) is 0 Å². The first-order chi connectivity index (χ1) is 14.5. The molecule has 1 aliphatic heterocycles. The van der Waals surface area contributed by atoms with Gasteiger partial charge in [0.05, 0.1) is 17.7 Å². The molecule has 3 aromatic rings. The largest absolute Gasteiger partial charge is 0.497 e. The summed E-state index contributed by atoms with van der Waals surface area (Å²) >= 11 is 0. The number of rotatable bonds is 5. The Hall–Kier alpha value is -3.04. The van der Waals surface area contributed by atoms with Crippen molar-refractivity contribution in [2.24, 2.45) is 0 Å². The number of hydrogen-bond donors (Lipinski definition) is 0. The maximum Gasteiger partial charge on any atom is 0.243 e. The summed E-state index contributed by atoms with van der Waals surface area (Å²) in [6.45, 7) is 1.72. The standard InChI is InChI=1S/C21H21FN4O3S/c1-29-18-6-8-19(9-7-18)30(27,28)26-12-10-25(11-13-26)21-14-20(23-15-24-21)16-2-4-17(22)5-3-16/h2-9,14-15H,10-13H2,1H3. The average Bonchev–Trinajstić information content (AvgIpc) is 2.80. The van der Waals surface area contributed by atoms with Gasteiger partial charge in [-0.25, -0.2) is 22.8 Å². The molecule has 2 heterocycles. The predicted molar refractivity (Wildman–Crippen MR) is 111 cm³/mol. The minimum atomic E-state index is -3.57. The Morgan fingerprint density at radius 1 is 0.933 bits per heavy atom. The molecule has 0 amide bonds. The maximum atomic E-state index is 13.2. The van der Waals surface area contributed by atoms with Crippen molar-refractivity contribution in [3.8, 4) is 17.0 Å². The molecule has 0 spiro atoms. The fourth-order valence-corrected chi connectivity index (χ4v) is 4.78. The quantitative estimate of drug-likeness (QED) is 0.622. The minimum absolute atomic E-state index is 0.248. The number of hydrogen-bond acceptors (Lipinski definition) is 6. The lowest BCUT2D eigenvalue weighted by molar-refractivity contribution is 0.383. The molecule has 0 saturated carbocycles. The number of anilines is 1. The number of aromatic nitrogens is 2. The van der Waals surface area contributed by atoms with E-state index in [0.717, 1.165) is 5.56 Å². The molecular formula is C21H21FN4O3S. The Balaban J connectivity index is 1.46. The molecule has 0 unspecified atom stereocenters. The van der Waals surface area contributed by atoms with Crippen LogP contribution in [0.15, 0.2) is 65.8 Å². The van der Waals surface area contributed by atoms with Crippen molar-refractivity contribution >= 4 is 15.8 Å². The smallest absolute Gasteiger partial charge is 0.243 e. The van der Waals surface area contributed by atoms with Crippen LogP contribution in [0.3, 0.4) is 0 Å². The molecule has 2 aromatic carbocycles. The second-order valence-corrected chi connectivity index (χ2v) is 8.77. The van der Waals surface area contributed by atoms with Gasteiger partial charge in [-0.15, -0.1) is 0 Å². The van der Waals surface area contributed by atoms with Gasteiger partial charge in [0.25, 0.3) is 0 Å². The molecule has 0 aliphatic carbocycles. The second kappa shape index (κ2) is 8.37. The van der Waals surface area contributed by atoms with E-state index in [9.17, 15) is 12.8 Å². The molecule has 156 valence electrons. The van der Waals surface area contributed by atoms with Gasteiger partial charge >= 0.3 is 0 Å². The number of nitrogens with zero attached hydrogens (tertiary/aromatic N) is 4. The van der Waals surface area contributed by atoms with Crippen molar-refractivity contribution in [3.63, 3.8) is 0 Å². The highest BCUT2D eigenvalue weighted by Gasteiger charge is 2.29. The zero-order chi connectivity index (χ0) is 21.1. The lowest BCUT2D eigenvalue weighted by Crippen LogP contribution is -2.48. The topological polar surface area (TPSA) is 75.6 Å². The van der Waals surface area contributed by atoms with Gasteiger partial charge in [0.1, 0.15) is 23.7 Å². The summed E-state index contributed by atoms with van der Waals surface area (Å²) in [5, 5.41) is 0. The summed E-state index contributed by atoms with van der Waals surface area (Å²) in [6.07, 6.45) is 1.47. The van der Waals surface area contributed by atoms with Gasteiger partial charge in [-0.3, -0.25) is 0 Å². The first-order valence-corrected chi connectivity index (χ1v) is 10.9. The lowest BCUT2D eigenvalue weighted by Gasteiger charge is -2.34. The monoisotopic (exact) mass is 428 g/mol. The van der Waals surface area contributed by atoms with Crippen LogP contribution in [0.2, 0.25) is 0 Å². The highest BCUT2D eigenvalue weighted by atomic mass is 32.2. The van der Waals surface area contributed by atoms with Gasteiger partial charge in [0.15, 0.2) is 0 Å². The van der Waals surface area contributed by atoms with E-state index in [1.807, 2.05) is 11.0 Å². The number of methoxy groups -OCH3 is 1. The number of piperazine rings is 1. The van der Waals surface area contributed by atoms with Crippen molar-refractivity contribution in [2.45, 2.75) is 4.90 Å². The highest BCUT2D eigenvalue weighted by Crippen LogP contribution is 2.24. The molecule has 0 radical (unpaired) electrons. The third kappa shape index (κ3) is 4.12. The van der Waals surface area contributed by atoms with Crippen LogP contribution in [0.5, 0.6) is 5.75 Å². The number of sulfonamides is 1. The molecule has 4 rings (SSSR count). The number of ether oxygens (including phenoxy) is 1. The van der Waals surface area contributed by atoms with Crippen LogP contribution >= 0.6 is 0 Å². The van der Waals surface area contributed by atoms with Crippen LogP contribution in [-0.2, 0) is 10.0 Å². The first-order valence-electron chi connectivity index (χ1n) is 9.44. The van der Waals surface area contributed by atoms with E-state index in [1.54, 1.807) is 36.4 Å². The maximum absolute atomic E-state index is 13.2.